The zero-order valence-corrected chi connectivity index (χ0v) is 18.8. The normalized spacial score (nSPS) is 30.4. The van der Waals surface area contributed by atoms with Gasteiger partial charge in [0.25, 0.3) is 0 Å². The van der Waals surface area contributed by atoms with Gasteiger partial charge in [0.1, 0.15) is 5.75 Å². The smallest absolute Gasteiger partial charge is 0.223 e. The second-order valence-electron chi connectivity index (χ2n) is 11.1. The third kappa shape index (κ3) is 4.79. The Bertz CT molecular complexity index is 714. The van der Waals surface area contributed by atoms with Crippen LogP contribution in [0.25, 0.3) is 0 Å². The first-order chi connectivity index (χ1) is 13.7. The Labute approximate surface area is 176 Å². The lowest BCUT2D eigenvalue weighted by atomic mass is 9.48. The van der Waals surface area contributed by atoms with Gasteiger partial charge in [-0.05, 0) is 85.8 Å². The van der Waals surface area contributed by atoms with Crippen LogP contribution in [0.15, 0.2) is 18.2 Å². The van der Waals surface area contributed by atoms with Crippen LogP contribution in [-0.2, 0) is 10.2 Å². The predicted octanol–water partition coefficient (Wildman–Crippen LogP) is 4.05. The molecule has 4 fully saturated rings. The first-order valence-corrected chi connectivity index (χ1v) is 11.5. The molecule has 1 amide bonds. The van der Waals surface area contributed by atoms with Crippen molar-refractivity contribution in [1.82, 2.24) is 5.32 Å². The van der Waals surface area contributed by atoms with Crippen molar-refractivity contribution in [3.8, 4) is 5.75 Å². The largest absolute Gasteiger partial charge is 0.493 e. The highest BCUT2D eigenvalue weighted by Crippen LogP contribution is 2.60. The third-order valence-electron chi connectivity index (χ3n) is 7.52. The highest BCUT2D eigenvalue weighted by molar-refractivity contribution is 5.75. The molecule has 4 aliphatic carbocycles. The van der Waals surface area contributed by atoms with E-state index in [1.165, 1.54) is 44.1 Å². The van der Waals surface area contributed by atoms with Crippen LogP contribution in [0.3, 0.4) is 0 Å². The number of carbonyl (C=O) groups excluding carboxylic acids is 1. The predicted molar refractivity (Wildman–Crippen MR) is 117 cm³/mol. The Kier molecular flexibility index (Phi) is 5.67. The number of hydrogen-bond acceptors (Lipinski definition) is 2. The second kappa shape index (κ2) is 7.94. The van der Waals surface area contributed by atoms with Crippen molar-refractivity contribution in [3.05, 3.63) is 29.3 Å². The van der Waals surface area contributed by atoms with Crippen LogP contribution in [0.5, 0.6) is 5.75 Å². The Morgan fingerprint density at radius 3 is 2.28 bits per heavy atom. The summed E-state index contributed by atoms with van der Waals surface area (Å²) in [4.78, 5) is 12.0. The molecule has 0 aromatic heterocycles. The van der Waals surface area contributed by atoms with E-state index >= 15 is 0 Å². The maximum Gasteiger partial charge on any atom is 0.223 e. The molecule has 0 heterocycles. The number of rotatable bonds is 8. The lowest BCUT2D eigenvalue weighted by molar-refractivity contribution is -0.869. The molecule has 0 aliphatic heterocycles. The number of amides is 1. The van der Waals surface area contributed by atoms with E-state index in [-0.39, 0.29) is 5.91 Å². The van der Waals surface area contributed by atoms with Crippen LogP contribution < -0.4 is 10.1 Å². The highest BCUT2D eigenvalue weighted by atomic mass is 16.5. The number of nitrogens with zero attached hydrogens (tertiary/aromatic N) is 1. The molecule has 160 valence electrons. The van der Waals surface area contributed by atoms with Crippen LogP contribution in [0.4, 0.5) is 0 Å². The van der Waals surface area contributed by atoms with Crippen molar-refractivity contribution < 1.29 is 14.0 Å². The van der Waals surface area contributed by atoms with Crippen LogP contribution in [-0.4, -0.2) is 51.2 Å². The Morgan fingerprint density at radius 2 is 1.72 bits per heavy atom. The van der Waals surface area contributed by atoms with Crippen LogP contribution in [0.2, 0.25) is 0 Å². The fourth-order valence-electron chi connectivity index (χ4n) is 6.48. The number of likely N-dealkylation sites (N-methyl/N-ethyl adjacent to an activating group) is 1. The minimum Gasteiger partial charge on any atom is -0.493 e. The molecule has 0 radical (unpaired) electrons. The molecular formula is C25H39N2O2+. The lowest BCUT2D eigenvalue weighted by Gasteiger charge is -2.57. The quantitative estimate of drug-likeness (QED) is 0.670. The molecule has 0 atom stereocenters. The van der Waals surface area contributed by atoms with E-state index in [2.05, 4.69) is 51.6 Å². The van der Waals surface area contributed by atoms with E-state index in [9.17, 15) is 4.79 Å². The first kappa shape index (κ1) is 20.7. The number of carbonyl (C=O) groups is 1. The van der Waals surface area contributed by atoms with Gasteiger partial charge in [0, 0.05) is 0 Å². The minimum absolute atomic E-state index is 0.0706. The molecule has 4 heteroatoms. The topological polar surface area (TPSA) is 38.3 Å². The summed E-state index contributed by atoms with van der Waals surface area (Å²) in [5.41, 5.74) is 3.19. The van der Waals surface area contributed by atoms with Crippen LogP contribution >= 0.6 is 0 Å². The van der Waals surface area contributed by atoms with Crippen molar-refractivity contribution in [1.29, 1.82) is 0 Å². The summed E-state index contributed by atoms with van der Waals surface area (Å²) < 4.78 is 6.82. The molecule has 0 saturated heterocycles. The van der Waals surface area contributed by atoms with Crippen molar-refractivity contribution in [3.63, 3.8) is 0 Å². The molecule has 0 unspecified atom stereocenters. The van der Waals surface area contributed by atoms with Gasteiger partial charge in [0.2, 0.25) is 5.91 Å². The average molecular weight is 400 g/mol. The van der Waals surface area contributed by atoms with Gasteiger partial charge < -0.3 is 14.5 Å². The summed E-state index contributed by atoms with van der Waals surface area (Å²) in [7, 11) is 6.39. The lowest BCUT2D eigenvalue weighted by Crippen LogP contribution is -2.48. The molecule has 1 aromatic rings. The molecule has 4 aliphatic rings. The highest BCUT2D eigenvalue weighted by Gasteiger charge is 2.51. The van der Waals surface area contributed by atoms with E-state index in [1.54, 1.807) is 5.56 Å². The monoisotopic (exact) mass is 399 g/mol. The van der Waals surface area contributed by atoms with Gasteiger partial charge in [-0.1, -0.05) is 12.1 Å². The van der Waals surface area contributed by atoms with Gasteiger partial charge in [0.15, 0.2) is 0 Å². The Balaban J connectivity index is 1.30. The van der Waals surface area contributed by atoms with Crippen molar-refractivity contribution in [2.24, 2.45) is 17.8 Å². The van der Waals surface area contributed by atoms with Gasteiger partial charge in [-0.2, -0.15) is 0 Å². The van der Waals surface area contributed by atoms with E-state index in [4.69, 9.17) is 4.74 Å². The average Bonchev–Trinajstić information content (AvgIpc) is 2.61. The molecule has 1 aromatic carbocycles. The van der Waals surface area contributed by atoms with Crippen LogP contribution in [0, 0.1) is 24.7 Å². The Morgan fingerprint density at radius 1 is 1.10 bits per heavy atom. The zero-order valence-electron chi connectivity index (χ0n) is 18.8. The fraction of sp³-hybridized carbons (Fsp3) is 0.720. The molecule has 5 rings (SSSR count). The number of quaternary nitrogens is 1. The number of benzene rings is 1. The standard InChI is InChI=1S/C25H38N2O2/c1-18-11-22(25-15-19-12-20(16-25)14-21(13-19)17-25)5-6-23(18)29-10-7-24(28)26-8-9-27(2,3)4/h5-6,11,19-21H,7-10,12-17H2,1-4H3/p+1. The van der Waals surface area contributed by atoms with Gasteiger partial charge in [-0.3, -0.25) is 4.79 Å². The summed E-state index contributed by atoms with van der Waals surface area (Å²) in [6.07, 6.45) is 9.04. The van der Waals surface area contributed by atoms with E-state index < -0.39 is 0 Å². The summed E-state index contributed by atoms with van der Waals surface area (Å²) in [6, 6.07) is 6.85. The summed E-state index contributed by atoms with van der Waals surface area (Å²) in [6.45, 7) is 4.23. The number of nitrogens with one attached hydrogen (secondary N) is 1. The van der Waals surface area contributed by atoms with Crippen molar-refractivity contribution in [2.75, 3.05) is 40.8 Å². The first-order valence-electron chi connectivity index (χ1n) is 11.5. The zero-order chi connectivity index (χ0) is 20.6. The molecule has 1 N–H and O–H groups in total. The summed E-state index contributed by atoms with van der Waals surface area (Å²) >= 11 is 0. The van der Waals surface area contributed by atoms with Gasteiger partial charge >= 0.3 is 0 Å². The molecule has 4 bridgehead atoms. The second-order valence-corrected chi connectivity index (χ2v) is 11.1. The molecule has 4 nitrogen and oxygen atoms in total. The van der Waals surface area contributed by atoms with Crippen LogP contribution in [0.1, 0.15) is 56.1 Å². The molecular weight excluding hydrogens is 360 g/mol. The van der Waals surface area contributed by atoms with E-state index in [1.807, 2.05) is 0 Å². The van der Waals surface area contributed by atoms with Gasteiger partial charge in [0.05, 0.1) is 47.3 Å². The maximum absolute atomic E-state index is 12.0. The van der Waals surface area contributed by atoms with Crippen molar-refractivity contribution >= 4 is 5.91 Å². The van der Waals surface area contributed by atoms with Crippen molar-refractivity contribution in [2.45, 2.75) is 57.3 Å². The SMILES string of the molecule is Cc1cc(C23CC4CC(CC(C4)C2)C3)ccc1OCCC(=O)NCC[N+](C)(C)C. The van der Waals surface area contributed by atoms with Gasteiger partial charge in [-0.25, -0.2) is 0 Å². The maximum atomic E-state index is 12.0. The number of hydrogen-bond donors (Lipinski definition) is 1. The Hall–Kier alpha value is -1.55. The molecule has 0 spiro atoms. The fourth-order valence-corrected chi connectivity index (χ4v) is 6.48. The third-order valence-corrected chi connectivity index (χ3v) is 7.52. The minimum atomic E-state index is 0.0706. The number of aryl methyl sites for hydroxylation is 1. The summed E-state index contributed by atoms with van der Waals surface area (Å²) in [5, 5.41) is 2.99. The van der Waals surface area contributed by atoms with E-state index in [0.29, 0.717) is 25.0 Å². The molecule has 4 saturated carbocycles. The van der Waals surface area contributed by atoms with Gasteiger partial charge in [-0.15, -0.1) is 0 Å². The molecule has 29 heavy (non-hydrogen) atoms. The number of ether oxygens (including phenoxy) is 1. The van der Waals surface area contributed by atoms with E-state index in [0.717, 1.165) is 34.5 Å². The summed E-state index contributed by atoms with van der Waals surface area (Å²) in [5.74, 6) is 3.90.